The molecule has 0 aliphatic heterocycles. The fraction of sp³-hybridized carbons (Fsp3) is 0.167. The highest BCUT2D eigenvalue weighted by atomic mass is 35.5. The molecular weight excluding hydrogens is 376 g/mol. The minimum absolute atomic E-state index is 0.141. The minimum atomic E-state index is -0.351. The molecule has 0 spiro atoms. The van der Waals surface area contributed by atoms with Crippen molar-refractivity contribution in [1.29, 1.82) is 0 Å². The Morgan fingerprint density at radius 3 is 2.92 bits per heavy atom. The van der Waals surface area contributed by atoms with E-state index >= 15 is 0 Å². The van der Waals surface area contributed by atoms with Gasteiger partial charge in [-0.25, -0.2) is 0 Å². The Morgan fingerprint density at radius 2 is 2.12 bits per heavy atom. The van der Waals surface area contributed by atoms with Crippen molar-refractivity contribution < 1.29 is 18.5 Å². The number of ether oxygens (including phenoxy) is 1. The molecule has 0 saturated carbocycles. The summed E-state index contributed by atoms with van der Waals surface area (Å²) >= 11 is 7.86. The summed E-state index contributed by atoms with van der Waals surface area (Å²) in [4.78, 5) is 17.0. The minimum Gasteiger partial charge on any atom is -0.461 e. The molecule has 0 unspecified atom stereocenters. The molecule has 0 amide bonds. The third-order valence-corrected chi connectivity index (χ3v) is 5.41. The first-order chi connectivity index (χ1) is 12.7. The number of furan rings is 1. The van der Waals surface area contributed by atoms with E-state index in [4.69, 9.17) is 25.3 Å². The Hall–Kier alpha value is -2.64. The van der Waals surface area contributed by atoms with E-state index in [1.807, 2.05) is 24.3 Å². The van der Waals surface area contributed by atoms with Crippen LogP contribution in [0.5, 0.6) is 0 Å². The average Bonchev–Trinajstić information content (AvgIpc) is 3.39. The molecule has 0 bridgehead atoms. The number of carbonyl (C=O) groups is 1. The lowest BCUT2D eigenvalue weighted by atomic mass is 10.2. The van der Waals surface area contributed by atoms with Crippen LogP contribution in [-0.4, -0.2) is 16.1 Å². The van der Waals surface area contributed by atoms with Crippen molar-refractivity contribution in [2.24, 2.45) is 0 Å². The fourth-order valence-electron chi connectivity index (χ4n) is 2.45. The van der Waals surface area contributed by atoms with Crippen LogP contribution in [0.1, 0.15) is 17.2 Å². The number of esters is 1. The standard InChI is InChI=1S/C18H13ClN2O4S/c19-17-11-4-1-2-6-13(11)26-14(17)10-24-16(22)8-7-15-20-18(21-25-15)12-5-3-9-23-12/h1-6,9H,7-8,10H2. The first-order valence-corrected chi connectivity index (χ1v) is 9.08. The number of nitrogens with zero attached hydrogens (tertiary/aromatic N) is 2. The molecule has 26 heavy (non-hydrogen) atoms. The van der Waals surface area contributed by atoms with Crippen molar-refractivity contribution in [2.75, 3.05) is 0 Å². The fourth-order valence-corrected chi connectivity index (χ4v) is 3.85. The van der Waals surface area contributed by atoms with Crippen LogP contribution in [-0.2, 0) is 22.6 Å². The normalized spacial score (nSPS) is 11.1. The lowest BCUT2D eigenvalue weighted by molar-refractivity contribution is -0.144. The summed E-state index contributed by atoms with van der Waals surface area (Å²) in [5.74, 6) is 0.877. The van der Waals surface area contributed by atoms with Gasteiger partial charge in [-0.15, -0.1) is 11.3 Å². The molecule has 132 valence electrons. The Bertz CT molecular complexity index is 1040. The van der Waals surface area contributed by atoms with Crippen molar-refractivity contribution in [3.63, 3.8) is 0 Å². The molecular formula is C18H13ClN2O4S. The first kappa shape index (κ1) is 16.8. The number of hydrogen-bond donors (Lipinski definition) is 0. The van der Waals surface area contributed by atoms with Crippen LogP contribution >= 0.6 is 22.9 Å². The zero-order chi connectivity index (χ0) is 17.9. The second-order valence-corrected chi connectivity index (χ2v) is 7.00. The molecule has 4 rings (SSSR count). The van der Waals surface area contributed by atoms with Gasteiger partial charge in [-0.1, -0.05) is 35.0 Å². The van der Waals surface area contributed by atoms with E-state index in [1.54, 1.807) is 12.1 Å². The predicted molar refractivity (Wildman–Crippen MR) is 97.0 cm³/mol. The van der Waals surface area contributed by atoms with E-state index in [0.717, 1.165) is 15.0 Å². The molecule has 0 saturated heterocycles. The van der Waals surface area contributed by atoms with E-state index in [9.17, 15) is 4.79 Å². The van der Waals surface area contributed by atoms with Crippen molar-refractivity contribution in [3.05, 3.63) is 58.5 Å². The average molecular weight is 389 g/mol. The third kappa shape index (κ3) is 3.49. The van der Waals surface area contributed by atoms with Crippen LogP contribution in [0.15, 0.2) is 51.6 Å². The van der Waals surface area contributed by atoms with Gasteiger partial charge in [-0.3, -0.25) is 4.79 Å². The number of aromatic nitrogens is 2. The third-order valence-electron chi connectivity index (χ3n) is 3.72. The number of benzene rings is 1. The van der Waals surface area contributed by atoms with Crippen LogP contribution in [0.2, 0.25) is 5.02 Å². The summed E-state index contributed by atoms with van der Waals surface area (Å²) < 4.78 is 16.7. The quantitative estimate of drug-likeness (QED) is 0.438. The summed E-state index contributed by atoms with van der Waals surface area (Å²) in [6.45, 7) is 0.151. The second kappa shape index (κ2) is 7.31. The van der Waals surface area contributed by atoms with Crippen LogP contribution in [0, 0.1) is 0 Å². The highest BCUT2D eigenvalue weighted by Crippen LogP contribution is 2.35. The molecule has 0 atom stereocenters. The summed E-state index contributed by atoms with van der Waals surface area (Å²) in [6, 6.07) is 11.3. The van der Waals surface area contributed by atoms with E-state index in [0.29, 0.717) is 28.9 Å². The molecule has 8 heteroatoms. The first-order valence-electron chi connectivity index (χ1n) is 7.88. The van der Waals surface area contributed by atoms with Crippen LogP contribution in [0.25, 0.3) is 21.7 Å². The zero-order valence-corrected chi connectivity index (χ0v) is 15.0. The smallest absolute Gasteiger partial charge is 0.306 e. The Labute approximate surface area is 157 Å². The SMILES string of the molecule is O=C(CCc1nc(-c2ccco2)no1)OCc1sc2ccccc2c1Cl. The van der Waals surface area contributed by atoms with Crippen LogP contribution < -0.4 is 0 Å². The van der Waals surface area contributed by atoms with Crippen molar-refractivity contribution >= 4 is 39.0 Å². The Kier molecular flexibility index (Phi) is 4.73. The second-order valence-electron chi connectivity index (χ2n) is 5.49. The number of carbonyl (C=O) groups excluding carboxylic acids is 1. The molecule has 0 fully saturated rings. The van der Waals surface area contributed by atoms with Gasteiger partial charge in [-0.2, -0.15) is 4.98 Å². The lowest BCUT2D eigenvalue weighted by Gasteiger charge is -2.02. The number of hydrogen-bond acceptors (Lipinski definition) is 7. The lowest BCUT2D eigenvalue weighted by Crippen LogP contribution is -2.05. The van der Waals surface area contributed by atoms with E-state index in [2.05, 4.69) is 10.1 Å². The predicted octanol–water partition coefficient (Wildman–Crippen LogP) is 4.87. The van der Waals surface area contributed by atoms with Gasteiger partial charge in [0, 0.05) is 16.5 Å². The van der Waals surface area contributed by atoms with Gasteiger partial charge in [0.25, 0.3) is 0 Å². The van der Waals surface area contributed by atoms with Gasteiger partial charge in [-0.05, 0) is 18.2 Å². The molecule has 0 aliphatic carbocycles. The maximum atomic E-state index is 12.0. The van der Waals surface area contributed by atoms with E-state index < -0.39 is 0 Å². The summed E-state index contributed by atoms with van der Waals surface area (Å²) in [5, 5.41) is 5.43. The largest absolute Gasteiger partial charge is 0.461 e. The number of halogens is 1. The number of fused-ring (bicyclic) bond motifs is 1. The maximum absolute atomic E-state index is 12.0. The molecule has 3 heterocycles. The van der Waals surface area contributed by atoms with E-state index in [1.165, 1.54) is 17.6 Å². The molecule has 3 aromatic heterocycles. The molecule has 6 nitrogen and oxygen atoms in total. The van der Waals surface area contributed by atoms with Gasteiger partial charge in [0.05, 0.1) is 22.6 Å². The van der Waals surface area contributed by atoms with Crippen molar-refractivity contribution in [3.8, 4) is 11.6 Å². The van der Waals surface area contributed by atoms with Gasteiger partial charge >= 0.3 is 5.97 Å². The summed E-state index contributed by atoms with van der Waals surface area (Å²) in [5.41, 5.74) is 0. The van der Waals surface area contributed by atoms with Crippen molar-refractivity contribution in [2.45, 2.75) is 19.4 Å². The number of thiophene rings is 1. The van der Waals surface area contributed by atoms with Gasteiger partial charge in [0.1, 0.15) is 6.61 Å². The molecule has 4 aromatic rings. The number of rotatable bonds is 6. The topological polar surface area (TPSA) is 78.4 Å². The Balaban J connectivity index is 1.32. The summed E-state index contributed by atoms with van der Waals surface area (Å²) in [7, 11) is 0. The zero-order valence-electron chi connectivity index (χ0n) is 13.5. The van der Waals surface area contributed by atoms with E-state index in [-0.39, 0.29) is 19.0 Å². The molecule has 1 aromatic carbocycles. The maximum Gasteiger partial charge on any atom is 0.306 e. The van der Waals surface area contributed by atoms with Crippen molar-refractivity contribution in [1.82, 2.24) is 10.1 Å². The molecule has 0 radical (unpaired) electrons. The highest BCUT2D eigenvalue weighted by molar-refractivity contribution is 7.19. The summed E-state index contributed by atoms with van der Waals surface area (Å²) in [6.07, 6.45) is 1.97. The van der Waals surface area contributed by atoms with Crippen LogP contribution in [0.4, 0.5) is 0 Å². The number of aryl methyl sites for hydroxylation is 1. The monoisotopic (exact) mass is 388 g/mol. The van der Waals surface area contributed by atoms with Gasteiger partial charge in [0.2, 0.25) is 11.7 Å². The van der Waals surface area contributed by atoms with Gasteiger partial charge < -0.3 is 13.7 Å². The highest BCUT2D eigenvalue weighted by Gasteiger charge is 2.15. The van der Waals surface area contributed by atoms with Gasteiger partial charge in [0.15, 0.2) is 5.76 Å². The molecule has 0 N–H and O–H groups in total. The van der Waals surface area contributed by atoms with Crippen LogP contribution in [0.3, 0.4) is 0 Å². The Morgan fingerprint density at radius 1 is 1.23 bits per heavy atom. The molecule has 0 aliphatic rings.